The molecule has 0 unspecified atom stereocenters. The molecule has 13 heavy (non-hydrogen) atoms. The van der Waals surface area contributed by atoms with Crippen LogP contribution in [-0.4, -0.2) is 4.98 Å². The molecule has 2 aromatic rings. The zero-order valence-electron chi connectivity index (χ0n) is 8.18. The summed E-state index contributed by atoms with van der Waals surface area (Å²) in [5.41, 5.74) is 5.21. The molecule has 0 atom stereocenters. The van der Waals surface area contributed by atoms with Crippen LogP contribution in [0.1, 0.15) is 16.8 Å². The quantitative estimate of drug-likeness (QED) is 0.687. The Morgan fingerprint density at radius 1 is 1.08 bits per heavy atom. The zero-order chi connectivity index (χ0) is 8.72. The van der Waals surface area contributed by atoms with Crippen LogP contribution < -0.4 is 0 Å². The molecule has 0 saturated heterocycles. The largest absolute Gasteiger partial charge is 0.358 e. The van der Waals surface area contributed by atoms with Gasteiger partial charge in [-0.25, -0.2) is 0 Å². The zero-order valence-corrected chi connectivity index (χ0v) is 9.58. The van der Waals surface area contributed by atoms with E-state index in [0.29, 0.717) is 0 Å². The number of H-pyrrole nitrogens is 1. The fourth-order valence-electron chi connectivity index (χ4n) is 1.58. The Hall–Kier alpha value is -0.656. The summed E-state index contributed by atoms with van der Waals surface area (Å²) < 4.78 is 0. The van der Waals surface area contributed by atoms with Crippen LogP contribution >= 0.6 is 0 Å². The van der Waals surface area contributed by atoms with E-state index in [0.717, 1.165) is 0 Å². The number of fused-ring (bicyclic) bond motifs is 1. The van der Waals surface area contributed by atoms with Gasteiger partial charge in [-0.2, -0.15) is 0 Å². The molecule has 1 nitrogen and oxygen atoms in total. The number of benzene rings is 1. The van der Waals surface area contributed by atoms with E-state index in [2.05, 4.69) is 44.0 Å². The van der Waals surface area contributed by atoms with E-state index in [9.17, 15) is 0 Å². The molecule has 1 aromatic carbocycles. The molecule has 67 valence electrons. The molecule has 2 heteroatoms. The minimum atomic E-state index is 0. The van der Waals surface area contributed by atoms with Crippen molar-refractivity contribution in [3.63, 3.8) is 0 Å². The molecule has 1 heterocycles. The molecule has 0 amide bonds. The van der Waals surface area contributed by atoms with Crippen LogP contribution in [0.3, 0.4) is 0 Å². The molecule has 0 spiro atoms. The number of hydrogen-bond donors (Lipinski definition) is 1. The maximum absolute atomic E-state index is 3.35. The summed E-state index contributed by atoms with van der Waals surface area (Å²) in [4.78, 5) is 3.35. The van der Waals surface area contributed by atoms with Crippen molar-refractivity contribution in [2.45, 2.75) is 20.8 Å². The van der Waals surface area contributed by atoms with Crippen LogP contribution in [0.2, 0.25) is 0 Å². The molecule has 0 fully saturated rings. The Labute approximate surface area is 90.4 Å². The van der Waals surface area contributed by atoms with Gasteiger partial charge in [0.25, 0.3) is 0 Å². The Bertz CT molecular complexity index is 429. The molecule has 1 aromatic heterocycles. The van der Waals surface area contributed by atoms with Gasteiger partial charge in [-0.05, 0) is 38.5 Å². The third kappa shape index (κ3) is 1.67. The van der Waals surface area contributed by atoms with Crippen molar-refractivity contribution in [1.82, 2.24) is 4.98 Å². The number of aromatic nitrogens is 1. The summed E-state index contributed by atoms with van der Waals surface area (Å²) in [5.74, 6) is 0. The summed E-state index contributed by atoms with van der Waals surface area (Å²) in [5, 5.41) is 1.35. The summed E-state index contributed by atoms with van der Waals surface area (Å²) in [6.45, 7) is 6.40. The van der Waals surface area contributed by atoms with Crippen molar-refractivity contribution < 1.29 is 18.6 Å². The smallest absolute Gasteiger partial charge is 0.0458 e. The van der Waals surface area contributed by atoms with Gasteiger partial charge in [0, 0.05) is 35.2 Å². The van der Waals surface area contributed by atoms with Gasteiger partial charge in [-0.15, -0.1) is 0 Å². The number of nitrogens with one attached hydrogen (secondary N) is 1. The molecule has 0 aliphatic rings. The minimum absolute atomic E-state index is 0. The van der Waals surface area contributed by atoms with Crippen LogP contribution in [0.25, 0.3) is 10.9 Å². The fourth-order valence-corrected chi connectivity index (χ4v) is 1.58. The van der Waals surface area contributed by atoms with Crippen LogP contribution in [0.15, 0.2) is 18.2 Å². The first-order valence-electron chi connectivity index (χ1n) is 4.24. The number of aryl methyl sites for hydroxylation is 3. The third-order valence-corrected chi connectivity index (χ3v) is 2.46. The molecule has 1 radical (unpaired) electrons. The van der Waals surface area contributed by atoms with E-state index in [4.69, 9.17) is 0 Å². The van der Waals surface area contributed by atoms with E-state index in [1.54, 1.807) is 0 Å². The van der Waals surface area contributed by atoms with E-state index in [1.165, 1.54) is 27.7 Å². The number of hydrogen-bond acceptors (Lipinski definition) is 0. The van der Waals surface area contributed by atoms with Gasteiger partial charge in [0.15, 0.2) is 0 Å². The normalized spacial score (nSPS) is 10.1. The second kappa shape index (κ2) is 3.61. The Morgan fingerprint density at radius 3 is 2.46 bits per heavy atom. The van der Waals surface area contributed by atoms with E-state index in [1.807, 2.05) is 0 Å². The molecular formula is C11H13NV. The topological polar surface area (TPSA) is 15.8 Å². The Kier molecular flexibility index (Phi) is 2.89. The predicted octanol–water partition coefficient (Wildman–Crippen LogP) is 3.09. The fraction of sp³-hybridized carbons (Fsp3) is 0.273. The first kappa shape index (κ1) is 10.4. The third-order valence-electron chi connectivity index (χ3n) is 2.46. The van der Waals surface area contributed by atoms with Gasteiger partial charge in [-0.3, -0.25) is 0 Å². The number of aromatic amines is 1. The van der Waals surface area contributed by atoms with Crippen LogP contribution in [0, 0.1) is 20.8 Å². The van der Waals surface area contributed by atoms with Crippen LogP contribution in [0.5, 0.6) is 0 Å². The van der Waals surface area contributed by atoms with E-state index in [-0.39, 0.29) is 18.6 Å². The Balaban J connectivity index is 0.000000845. The molecule has 0 saturated carbocycles. The second-order valence-electron chi connectivity index (χ2n) is 3.42. The van der Waals surface area contributed by atoms with Crippen molar-refractivity contribution in [1.29, 1.82) is 0 Å². The first-order valence-corrected chi connectivity index (χ1v) is 4.24. The summed E-state index contributed by atoms with van der Waals surface area (Å²) in [6.07, 6.45) is 0. The summed E-state index contributed by atoms with van der Waals surface area (Å²) >= 11 is 0. The first-order chi connectivity index (χ1) is 5.68. The minimum Gasteiger partial charge on any atom is -0.358 e. The molecular weight excluding hydrogens is 197 g/mol. The van der Waals surface area contributed by atoms with Crippen molar-refractivity contribution >= 4 is 10.9 Å². The molecule has 1 N–H and O–H groups in total. The summed E-state index contributed by atoms with van der Waals surface area (Å²) in [7, 11) is 0. The SMILES string of the molecule is Cc1ccc2[nH]c(C)c(C)c2c1.[V]. The van der Waals surface area contributed by atoms with Gasteiger partial charge >= 0.3 is 0 Å². The van der Waals surface area contributed by atoms with Crippen molar-refractivity contribution in [3.05, 3.63) is 35.0 Å². The monoisotopic (exact) mass is 210 g/mol. The molecule has 0 bridgehead atoms. The number of rotatable bonds is 0. The average Bonchev–Trinajstić information content (AvgIpc) is 2.31. The molecule has 0 aliphatic heterocycles. The van der Waals surface area contributed by atoms with Crippen molar-refractivity contribution in [2.24, 2.45) is 0 Å². The van der Waals surface area contributed by atoms with Gasteiger partial charge in [0.1, 0.15) is 0 Å². The molecule has 0 aliphatic carbocycles. The Morgan fingerprint density at radius 2 is 1.77 bits per heavy atom. The van der Waals surface area contributed by atoms with Gasteiger partial charge in [-0.1, -0.05) is 11.6 Å². The standard InChI is InChI=1S/C11H13N.V/c1-7-4-5-11-10(6-7)8(2)9(3)12-11;/h4-6,12H,1-3H3;. The van der Waals surface area contributed by atoms with Crippen molar-refractivity contribution in [3.8, 4) is 0 Å². The van der Waals surface area contributed by atoms with Gasteiger partial charge < -0.3 is 4.98 Å². The van der Waals surface area contributed by atoms with Gasteiger partial charge in [0.2, 0.25) is 0 Å². The maximum Gasteiger partial charge on any atom is 0.0458 e. The van der Waals surface area contributed by atoms with Crippen LogP contribution in [0.4, 0.5) is 0 Å². The van der Waals surface area contributed by atoms with Gasteiger partial charge in [0.05, 0.1) is 0 Å². The molecule has 2 rings (SSSR count). The average molecular weight is 210 g/mol. The van der Waals surface area contributed by atoms with E-state index < -0.39 is 0 Å². The van der Waals surface area contributed by atoms with Crippen LogP contribution in [-0.2, 0) is 18.6 Å². The van der Waals surface area contributed by atoms with E-state index >= 15 is 0 Å². The predicted molar refractivity (Wildman–Crippen MR) is 52.5 cm³/mol. The maximum atomic E-state index is 3.35. The second-order valence-corrected chi connectivity index (χ2v) is 3.42. The summed E-state index contributed by atoms with van der Waals surface area (Å²) in [6, 6.07) is 6.51. The van der Waals surface area contributed by atoms with Crippen molar-refractivity contribution in [2.75, 3.05) is 0 Å².